The van der Waals surface area contributed by atoms with Crippen LogP contribution in [0.25, 0.3) is 11.1 Å². The SMILES string of the molecule is Cc1cc(CNC(C)C)ccc1-c1ccccc1Cl. The molecule has 2 rings (SSSR count). The number of aryl methyl sites for hydroxylation is 1. The maximum atomic E-state index is 6.26. The van der Waals surface area contributed by atoms with Crippen LogP contribution in [-0.2, 0) is 6.54 Å². The van der Waals surface area contributed by atoms with Gasteiger partial charge in [-0.3, -0.25) is 0 Å². The molecule has 19 heavy (non-hydrogen) atoms. The van der Waals surface area contributed by atoms with Gasteiger partial charge >= 0.3 is 0 Å². The first-order valence-electron chi connectivity index (χ1n) is 6.65. The Labute approximate surface area is 120 Å². The summed E-state index contributed by atoms with van der Waals surface area (Å²) in [4.78, 5) is 0. The van der Waals surface area contributed by atoms with E-state index in [4.69, 9.17) is 11.6 Å². The minimum atomic E-state index is 0.503. The van der Waals surface area contributed by atoms with Crippen LogP contribution >= 0.6 is 11.6 Å². The maximum absolute atomic E-state index is 6.26. The first-order chi connectivity index (χ1) is 9.08. The second-order valence-corrected chi connectivity index (χ2v) is 5.57. The van der Waals surface area contributed by atoms with Gasteiger partial charge in [0.2, 0.25) is 0 Å². The predicted octanol–water partition coefficient (Wildman–Crippen LogP) is 4.81. The molecule has 0 heterocycles. The van der Waals surface area contributed by atoms with Gasteiger partial charge in [-0.25, -0.2) is 0 Å². The summed E-state index contributed by atoms with van der Waals surface area (Å²) in [6.45, 7) is 7.36. The van der Waals surface area contributed by atoms with Gasteiger partial charge < -0.3 is 5.32 Å². The first-order valence-corrected chi connectivity index (χ1v) is 7.03. The number of nitrogens with one attached hydrogen (secondary N) is 1. The molecule has 0 unspecified atom stereocenters. The third kappa shape index (κ3) is 3.59. The molecular formula is C17H20ClN. The highest BCUT2D eigenvalue weighted by atomic mass is 35.5. The van der Waals surface area contributed by atoms with Crippen molar-refractivity contribution in [1.29, 1.82) is 0 Å². The smallest absolute Gasteiger partial charge is 0.0484 e. The first kappa shape index (κ1) is 14.1. The maximum Gasteiger partial charge on any atom is 0.0484 e. The number of halogens is 1. The van der Waals surface area contributed by atoms with E-state index < -0.39 is 0 Å². The Kier molecular flexibility index (Phi) is 4.62. The van der Waals surface area contributed by atoms with Gasteiger partial charge in [0.15, 0.2) is 0 Å². The molecule has 0 saturated carbocycles. The molecule has 0 aliphatic rings. The van der Waals surface area contributed by atoms with Gasteiger partial charge in [0, 0.05) is 23.2 Å². The van der Waals surface area contributed by atoms with E-state index in [0.29, 0.717) is 6.04 Å². The van der Waals surface area contributed by atoms with E-state index in [9.17, 15) is 0 Å². The summed E-state index contributed by atoms with van der Waals surface area (Å²) in [5.74, 6) is 0. The number of hydrogen-bond acceptors (Lipinski definition) is 1. The van der Waals surface area contributed by atoms with Crippen molar-refractivity contribution < 1.29 is 0 Å². The summed E-state index contributed by atoms with van der Waals surface area (Å²) in [7, 11) is 0. The van der Waals surface area contributed by atoms with E-state index in [0.717, 1.165) is 17.1 Å². The Morgan fingerprint density at radius 3 is 2.42 bits per heavy atom. The van der Waals surface area contributed by atoms with E-state index in [-0.39, 0.29) is 0 Å². The van der Waals surface area contributed by atoms with Gasteiger partial charge in [0.25, 0.3) is 0 Å². The summed E-state index contributed by atoms with van der Waals surface area (Å²) in [5, 5.41) is 4.24. The highest BCUT2D eigenvalue weighted by Gasteiger charge is 2.06. The van der Waals surface area contributed by atoms with Crippen LogP contribution in [0.1, 0.15) is 25.0 Å². The summed E-state index contributed by atoms with van der Waals surface area (Å²) < 4.78 is 0. The number of benzene rings is 2. The topological polar surface area (TPSA) is 12.0 Å². The molecule has 0 saturated heterocycles. The van der Waals surface area contributed by atoms with Crippen LogP contribution in [0, 0.1) is 6.92 Å². The van der Waals surface area contributed by atoms with Crippen LogP contribution in [0.4, 0.5) is 0 Å². The fourth-order valence-corrected chi connectivity index (χ4v) is 2.38. The zero-order valence-electron chi connectivity index (χ0n) is 11.7. The second-order valence-electron chi connectivity index (χ2n) is 5.16. The molecule has 0 amide bonds. The molecule has 100 valence electrons. The molecule has 0 atom stereocenters. The normalized spacial score (nSPS) is 11.0. The number of hydrogen-bond donors (Lipinski definition) is 1. The molecule has 0 aliphatic heterocycles. The lowest BCUT2D eigenvalue weighted by molar-refractivity contribution is 0.589. The van der Waals surface area contributed by atoms with Crippen LogP contribution in [0.3, 0.4) is 0 Å². The highest BCUT2D eigenvalue weighted by molar-refractivity contribution is 6.33. The van der Waals surface area contributed by atoms with Gasteiger partial charge in [-0.15, -0.1) is 0 Å². The minimum absolute atomic E-state index is 0.503. The lowest BCUT2D eigenvalue weighted by atomic mass is 9.98. The fourth-order valence-electron chi connectivity index (χ4n) is 2.14. The van der Waals surface area contributed by atoms with Crippen molar-refractivity contribution in [1.82, 2.24) is 5.32 Å². The van der Waals surface area contributed by atoms with Gasteiger partial charge in [0.1, 0.15) is 0 Å². The van der Waals surface area contributed by atoms with Crippen molar-refractivity contribution >= 4 is 11.6 Å². The molecule has 0 bridgehead atoms. The quantitative estimate of drug-likeness (QED) is 0.843. The van der Waals surface area contributed by atoms with Crippen LogP contribution in [0.15, 0.2) is 42.5 Å². The van der Waals surface area contributed by atoms with Crippen molar-refractivity contribution in [3.8, 4) is 11.1 Å². The van der Waals surface area contributed by atoms with Crippen LogP contribution in [0.2, 0.25) is 5.02 Å². The van der Waals surface area contributed by atoms with E-state index in [1.165, 1.54) is 16.7 Å². The van der Waals surface area contributed by atoms with Crippen molar-refractivity contribution in [2.75, 3.05) is 0 Å². The predicted molar refractivity (Wildman–Crippen MR) is 83.6 cm³/mol. The molecule has 2 heteroatoms. The molecule has 2 aromatic carbocycles. The molecule has 0 radical (unpaired) electrons. The van der Waals surface area contributed by atoms with E-state index in [1.54, 1.807) is 0 Å². The Bertz CT molecular complexity index is 561. The molecule has 2 aromatic rings. The summed E-state index contributed by atoms with van der Waals surface area (Å²) in [5.41, 5.74) is 4.88. The Balaban J connectivity index is 2.27. The highest BCUT2D eigenvalue weighted by Crippen LogP contribution is 2.30. The number of rotatable bonds is 4. The zero-order chi connectivity index (χ0) is 13.8. The Morgan fingerprint density at radius 1 is 1.05 bits per heavy atom. The summed E-state index contributed by atoms with van der Waals surface area (Å²) >= 11 is 6.26. The molecular weight excluding hydrogens is 254 g/mol. The van der Waals surface area contributed by atoms with Crippen molar-refractivity contribution in [2.45, 2.75) is 33.4 Å². The van der Waals surface area contributed by atoms with Gasteiger partial charge in [-0.2, -0.15) is 0 Å². The molecule has 0 aromatic heterocycles. The Hall–Kier alpha value is -1.31. The average molecular weight is 274 g/mol. The zero-order valence-corrected chi connectivity index (χ0v) is 12.5. The molecule has 1 nitrogen and oxygen atoms in total. The average Bonchev–Trinajstić information content (AvgIpc) is 2.38. The third-order valence-corrected chi connectivity index (χ3v) is 3.50. The van der Waals surface area contributed by atoms with Crippen molar-refractivity contribution in [3.05, 3.63) is 58.6 Å². The monoisotopic (exact) mass is 273 g/mol. The van der Waals surface area contributed by atoms with Crippen LogP contribution in [-0.4, -0.2) is 6.04 Å². The lowest BCUT2D eigenvalue weighted by Crippen LogP contribution is -2.21. The summed E-state index contributed by atoms with van der Waals surface area (Å²) in [6, 6.07) is 15.0. The van der Waals surface area contributed by atoms with Crippen LogP contribution < -0.4 is 5.32 Å². The van der Waals surface area contributed by atoms with Gasteiger partial charge in [-0.1, -0.05) is 61.8 Å². The summed E-state index contributed by atoms with van der Waals surface area (Å²) in [6.07, 6.45) is 0. The minimum Gasteiger partial charge on any atom is -0.310 e. The van der Waals surface area contributed by atoms with Gasteiger partial charge in [-0.05, 0) is 29.7 Å². The molecule has 1 N–H and O–H groups in total. The molecule has 0 fully saturated rings. The van der Waals surface area contributed by atoms with Crippen molar-refractivity contribution in [3.63, 3.8) is 0 Å². The molecule has 0 aliphatic carbocycles. The van der Waals surface area contributed by atoms with E-state index in [2.05, 4.69) is 50.4 Å². The lowest BCUT2D eigenvalue weighted by Gasteiger charge is -2.12. The largest absolute Gasteiger partial charge is 0.310 e. The van der Waals surface area contributed by atoms with Crippen LogP contribution in [0.5, 0.6) is 0 Å². The Morgan fingerprint density at radius 2 is 1.79 bits per heavy atom. The van der Waals surface area contributed by atoms with E-state index >= 15 is 0 Å². The van der Waals surface area contributed by atoms with E-state index in [1.807, 2.05) is 18.2 Å². The second kappa shape index (κ2) is 6.23. The van der Waals surface area contributed by atoms with Crippen molar-refractivity contribution in [2.24, 2.45) is 0 Å². The standard InChI is InChI=1S/C17H20ClN/c1-12(2)19-11-14-8-9-15(13(3)10-14)16-6-4-5-7-17(16)18/h4-10,12,19H,11H2,1-3H3. The van der Waals surface area contributed by atoms with Gasteiger partial charge in [0.05, 0.1) is 0 Å². The fraction of sp³-hybridized carbons (Fsp3) is 0.294. The molecule has 0 spiro atoms. The third-order valence-electron chi connectivity index (χ3n) is 3.17.